The van der Waals surface area contributed by atoms with E-state index in [0.29, 0.717) is 11.5 Å². The van der Waals surface area contributed by atoms with Crippen molar-refractivity contribution in [3.63, 3.8) is 0 Å². The predicted molar refractivity (Wildman–Crippen MR) is 67.6 cm³/mol. The zero-order valence-corrected chi connectivity index (χ0v) is 9.69. The molecule has 0 bridgehead atoms. The van der Waals surface area contributed by atoms with Crippen molar-refractivity contribution >= 4 is 17.4 Å². The first-order chi connectivity index (χ1) is 9.16. The van der Waals surface area contributed by atoms with E-state index >= 15 is 0 Å². The maximum Gasteiger partial charge on any atom is 0.341 e. The van der Waals surface area contributed by atoms with Crippen LogP contribution in [0.15, 0.2) is 36.8 Å². The van der Waals surface area contributed by atoms with Crippen LogP contribution in [0.3, 0.4) is 0 Å². The maximum atomic E-state index is 11.1. The summed E-state index contributed by atoms with van der Waals surface area (Å²) in [5, 5.41) is 13.0. The second kappa shape index (κ2) is 4.05. The highest BCUT2D eigenvalue weighted by Crippen LogP contribution is 2.21. The highest BCUT2D eigenvalue weighted by Gasteiger charge is 2.15. The third kappa shape index (κ3) is 1.77. The molecule has 3 aromatic rings. The van der Waals surface area contributed by atoms with E-state index in [2.05, 4.69) is 15.1 Å². The lowest BCUT2D eigenvalue weighted by molar-refractivity contribution is 0.0699. The van der Waals surface area contributed by atoms with Crippen LogP contribution < -0.4 is 5.73 Å². The lowest BCUT2D eigenvalue weighted by Crippen LogP contribution is -2.03. The highest BCUT2D eigenvalue weighted by molar-refractivity contribution is 5.94. The van der Waals surface area contributed by atoms with Crippen molar-refractivity contribution in [1.29, 1.82) is 0 Å². The van der Waals surface area contributed by atoms with Gasteiger partial charge in [-0.2, -0.15) is 9.61 Å². The lowest BCUT2D eigenvalue weighted by atomic mass is 10.2. The number of carboxylic acids is 1. The summed E-state index contributed by atoms with van der Waals surface area (Å²) in [6, 6.07) is 5.19. The molecule has 3 rings (SSSR count). The molecule has 0 spiro atoms. The number of hydrogen-bond acceptors (Lipinski definition) is 5. The van der Waals surface area contributed by atoms with E-state index in [1.54, 1.807) is 30.6 Å². The zero-order valence-electron chi connectivity index (χ0n) is 9.69. The molecule has 0 aliphatic rings. The van der Waals surface area contributed by atoms with Crippen LogP contribution in [0.4, 0.5) is 5.82 Å². The van der Waals surface area contributed by atoms with Gasteiger partial charge in [-0.3, -0.25) is 4.98 Å². The number of carboxylic acid groups (broad SMARTS) is 1. The normalized spacial score (nSPS) is 10.7. The van der Waals surface area contributed by atoms with Gasteiger partial charge in [0.25, 0.3) is 0 Å². The second-order valence-electron chi connectivity index (χ2n) is 3.90. The number of aromatic carboxylic acids is 1. The number of nitrogen functional groups attached to an aromatic ring is 1. The van der Waals surface area contributed by atoms with E-state index in [0.717, 1.165) is 5.56 Å². The highest BCUT2D eigenvalue weighted by atomic mass is 16.4. The quantitative estimate of drug-likeness (QED) is 0.709. The van der Waals surface area contributed by atoms with Crippen molar-refractivity contribution < 1.29 is 9.90 Å². The molecule has 0 aliphatic carbocycles. The first-order valence-corrected chi connectivity index (χ1v) is 5.45. The Labute approximate surface area is 107 Å². The van der Waals surface area contributed by atoms with Gasteiger partial charge in [-0.05, 0) is 12.1 Å². The van der Waals surface area contributed by atoms with Crippen molar-refractivity contribution in [2.24, 2.45) is 0 Å². The molecule has 0 unspecified atom stereocenters. The molecule has 0 saturated heterocycles. The van der Waals surface area contributed by atoms with E-state index in [9.17, 15) is 4.79 Å². The number of anilines is 1. The van der Waals surface area contributed by atoms with E-state index in [-0.39, 0.29) is 11.2 Å². The number of pyridine rings is 1. The van der Waals surface area contributed by atoms with Gasteiger partial charge in [0.1, 0.15) is 11.4 Å². The van der Waals surface area contributed by atoms with Crippen LogP contribution in [-0.4, -0.2) is 30.7 Å². The molecule has 0 aromatic carbocycles. The van der Waals surface area contributed by atoms with Crippen LogP contribution in [0, 0.1) is 0 Å². The first-order valence-electron chi connectivity index (χ1n) is 5.45. The second-order valence-corrected chi connectivity index (χ2v) is 3.90. The minimum atomic E-state index is -1.09. The third-order valence-corrected chi connectivity index (χ3v) is 2.71. The predicted octanol–water partition coefficient (Wildman–Crippen LogP) is 1.07. The molecule has 0 atom stereocenters. The number of carbonyl (C=O) groups is 1. The summed E-state index contributed by atoms with van der Waals surface area (Å²) in [4.78, 5) is 19.3. The molecule has 19 heavy (non-hydrogen) atoms. The van der Waals surface area contributed by atoms with Crippen LogP contribution in [0.25, 0.3) is 16.9 Å². The fourth-order valence-corrected chi connectivity index (χ4v) is 1.81. The average Bonchev–Trinajstić information content (AvgIpc) is 2.84. The SMILES string of the molecule is Nc1cc(-c2ccncc2)nc2c(C(=O)O)cnn12. The Hall–Kier alpha value is -2.96. The van der Waals surface area contributed by atoms with Crippen molar-refractivity contribution in [3.8, 4) is 11.3 Å². The molecule has 94 valence electrons. The van der Waals surface area contributed by atoms with Crippen molar-refractivity contribution in [2.75, 3.05) is 5.73 Å². The van der Waals surface area contributed by atoms with Gasteiger partial charge < -0.3 is 10.8 Å². The Kier molecular flexibility index (Phi) is 2.38. The zero-order chi connectivity index (χ0) is 13.4. The summed E-state index contributed by atoms with van der Waals surface area (Å²) in [7, 11) is 0. The fourth-order valence-electron chi connectivity index (χ4n) is 1.81. The summed E-state index contributed by atoms with van der Waals surface area (Å²) < 4.78 is 1.30. The van der Waals surface area contributed by atoms with Crippen LogP contribution in [0.2, 0.25) is 0 Å². The van der Waals surface area contributed by atoms with Gasteiger partial charge in [0, 0.05) is 24.0 Å². The van der Waals surface area contributed by atoms with E-state index in [1.165, 1.54) is 10.7 Å². The molecule has 0 aliphatic heterocycles. The number of aromatic nitrogens is 4. The van der Waals surface area contributed by atoms with E-state index in [4.69, 9.17) is 10.8 Å². The molecule has 0 saturated carbocycles. The summed E-state index contributed by atoms with van der Waals surface area (Å²) in [6.45, 7) is 0. The van der Waals surface area contributed by atoms with Crippen molar-refractivity contribution in [3.05, 3.63) is 42.4 Å². The monoisotopic (exact) mass is 255 g/mol. The van der Waals surface area contributed by atoms with Crippen molar-refractivity contribution in [2.45, 2.75) is 0 Å². The maximum absolute atomic E-state index is 11.1. The Morgan fingerprint density at radius 3 is 2.74 bits per heavy atom. The van der Waals surface area contributed by atoms with Crippen LogP contribution >= 0.6 is 0 Å². The topological polar surface area (TPSA) is 106 Å². The largest absolute Gasteiger partial charge is 0.477 e. The Bertz CT molecular complexity index is 766. The molecule has 7 heteroatoms. The van der Waals surface area contributed by atoms with Gasteiger partial charge in [-0.15, -0.1) is 0 Å². The van der Waals surface area contributed by atoms with Crippen LogP contribution in [-0.2, 0) is 0 Å². The number of rotatable bonds is 2. The summed E-state index contributed by atoms with van der Waals surface area (Å²) >= 11 is 0. The molecule has 3 aromatic heterocycles. The van der Waals surface area contributed by atoms with Gasteiger partial charge in [-0.25, -0.2) is 9.78 Å². The van der Waals surface area contributed by atoms with Crippen molar-refractivity contribution in [1.82, 2.24) is 19.6 Å². The minimum absolute atomic E-state index is 0.0163. The number of hydrogen-bond donors (Lipinski definition) is 2. The van der Waals surface area contributed by atoms with Crippen LogP contribution in [0.1, 0.15) is 10.4 Å². The Balaban J connectivity index is 2.28. The molecule has 0 amide bonds. The number of nitrogens with two attached hydrogens (primary N) is 1. The standard InChI is InChI=1S/C12H9N5O2/c13-10-5-9(7-1-3-14-4-2-7)16-11-8(12(18)19)6-15-17(10)11/h1-6H,13H2,(H,18,19). The van der Waals surface area contributed by atoms with Gasteiger partial charge in [0.05, 0.1) is 11.9 Å². The van der Waals surface area contributed by atoms with E-state index < -0.39 is 5.97 Å². The molecule has 0 fully saturated rings. The molecular weight excluding hydrogens is 246 g/mol. The summed E-state index contributed by atoms with van der Waals surface area (Å²) in [5.41, 5.74) is 7.48. The fraction of sp³-hybridized carbons (Fsp3) is 0. The summed E-state index contributed by atoms with van der Waals surface area (Å²) in [6.07, 6.45) is 4.50. The van der Waals surface area contributed by atoms with Gasteiger partial charge in [0.15, 0.2) is 5.65 Å². The number of fused-ring (bicyclic) bond motifs is 1. The summed E-state index contributed by atoms with van der Waals surface area (Å²) in [5.74, 6) is -0.766. The average molecular weight is 255 g/mol. The third-order valence-electron chi connectivity index (χ3n) is 2.71. The minimum Gasteiger partial charge on any atom is -0.477 e. The molecule has 7 nitrogen and oxygen atoms in total. The smallest absolute Gasteiger partial charge is 0.341 e. The first kappa shape index (κ1) is 11.1. The Morgan fingerprint density at radius 1 is 1.32 bits per heavy atom. The number of nitrogens with zero attached hydrogens (tertiary/aromatic N) is 4. The van der Waals surface area contributed by atoms with E-state index in [1.807, 2.05) is 0 Å². The lowest BCUT2D eigenvalue weighted by Gasteiger charge is -2.04. The molecule has 3 heterocycles. The molecular formula is C12H9N5O2. The van der Waals surface area contributed by atoms with Gasteiger partial charge >= 0.3 is 5.97 Å². The molecule has 0 radical (unpaired) electrons. The molecule has 3 N–H and O–H groups in total. The van der Waals surface area contributed by atoms with Gasteiger partial charge in [-0.1, -0.05) is 0 Å². The van der Waals surface area contributed by atoms with Crippen LogP contribution in [0.5, 0.6) is 0 Å². The van der Waals surface area contributed by atoms with Gasteiger partial charge in [0.2, 0.25) is 0 Å². The Morgan fingerprint density at radius 2 is 2.05 bits per heavy atom.